The molecule has 1 aliphatic rings. The van der Waals surface area contributed by atoms with Gasteiger partial charge >= 0.3 is 0 Å². The van der Waals surface area contributed by atoms with Crippen LogP contribution in [0.2, 0.25) is 0 Å². The van der Waals surface area contributed by atoms with Crippen molar-refractivity contribution in [3.63, 3.8) is 0 Å². The predicted molar refractivity (Wildman–Crippen MR) is 57.0 cm³/mol. The Kier molecular flexibility index (Phi) is 2.32. The first-order chi connectivity index (χ1) is 6.89. The highest BCUT2D eigenvalue weighted by Crippen LogP contribution is 2.43. The molecular formula is C13H16F2. The molecule has 1 aromatic carbocycles. The van der Waals surface area contributed by atoms with Gasteiger partial charge in [-0.15, -0.1) is 0 Å². The van der Waals surface area contributed by atoms with Crippen LogP contribution in [0.4, 0.5) is 8.78 Å². The minimum atomic E-state index is -0.704. The zero-order valence-corrected chi connectivity index (χ0v) is 9.40. The van der Waals surface area contributed by atoms with E-state index in [0.29, 0.717) is 5.56 Å². The van der Waals surface area contributed by atoms with E-state index in [0.717, 1.165) is 18.4 Å². The van der Waals surface area contributed by atoms with Crippen LogP contribution in [0.3, 0.4) is 0 Å². The molecule has 0 atom stereocenters. The molecule has 0 saturated heterocycles. The Hall–Kier alpha value is -0.920. The third-order valence-corrected chi connectivity index (χ3v) is 2.94. The van der Waals surface area contributed by atoms with Crippen molar-refractivity contribution in [3.8, 4) is 0 Å². The molecule has 0 heterocycles. The SMILES string of the molecule is CC(C)(C)c1cc(F)c(F)c(C2CC2)c1. The maximum atomic E-state index is 13.5. The largest absolute Gasteiger partial charge is 0.204 e. The van der Waals surface area contributed by atoms with Gasteiger partial charge in [0, 0.05) is 0 Å². The van der Waals surface area contributed by atoms with Gasteiger partial charge in [0.05, 0.1) is 0 Å². The fourth-order valence-corrected chi connectivity index (χ4v) is 1.73. The highest BCUT2D eigenvalue weighted by atomic mass is 19.2. The molecule has 0 aromatic heterocycles. The van der Waals surface area contributed by atoms with Gasteiger partial charge in [0.2, 0.25) is 0 Å². The molecule has 82 valence electrons. The van der Waals surface area contributed by atoms with Crippen molar-refractivity contribution in [2.24, 2.45) is 0 Å². The van der Waals surface area contributed by atoms with Crippen LogP contribution in [-0.2, 0) is 5.41 Å². The number of halogens is 2. The molecule has 0 bridgehead atoms. The van der Waals surface area contributed by atoms with Crippen LogP contribution in [0.15, 0.2) is 12.1 Å². The minimum absolute atomic E-state index is 0.127. The Balaban J connectivity index is 2.51. The van der Waals surface area contributed by atoms with Gasteiger partial charge in [-0.05, 0) is 41.4 Å². The van der Waals surface area contributed by atoms with E-state index in [9.17, 15) is 8.78 Å². The van der Waals surface area contributed by atoms with E-state index in [-0.39, 0.29) is 11.3 Å². The second-order valence-electron chi connectivity index (χ2n) is 5.39. The monoisotopic (exact) mass is 210 g/mol. The molecule has 0 unspecified atom stereocenters. The summed E-state index contributed by atoms with van der Waals surface area (Å²) >= 11 is 0. The van der Waals surface area contributed by atoms with Gasteiger partial charge in [0.25, 0.3) is 0 Å². The lowest BCUT2D eigenvalue weighted by Gasteiger charge is -2.20. The summed E-state index contributed by atoms with van der Waals surface area (Å²) < 4.78 is 26.9. The van der Waals surface area contributed by atoms with Gasteiger partial charge in [-0.2, -0.15) is 0 Å². The van der Waals surface area contributed by atoms with Gasteiger partial charge in [-0.3, -0.25) is 0 Å². The third-order valence-electron chi connectivity index (χ3n) is 2.94. The summed E-state index contributed by atoms with van der Waals surface area (Å²) in [5.41, 5.74) is 1.32. The fourth-order valence-electron chi connectivity index (χ4n) is 1.73. The smallest absolute Gasteiger partial charge is 0.162 e. The van der Waals surface area contributed by atoms with Gasteiger partial charge in [-0.25, -0.2) is 8.78 Å². The highest BCUT2D eigenvalue weighted by molar-refractivity contribution is 5.34. The van der Waals surface area contributed by atoms with Crippen molar-refractivity contribution >= 4 is 0 Å². The maximum absolute atomic E-state index is 13.5. The molecule has 0 aliphatic heterocycles. The Morgan fingerprint density at radius 3 is 2.20 bits per heavy atom. The summed E-state index contributed by atoms with van der Waals surface area (Å²) in [6.45, 7) is 6.03. The lowest BCUT2D eigenvalue weighted by Crippen LogP contribution is -2.13. The van der Waals surface area contributed by atoms with Gasteiger partial charge < -0.3 is 0 Å². The standard InChI is InChI=1S/C13H16F2/c1-13(2,3)9-6-10(8-4-5-8)12(15)11(14)7-9/h6-8H,4-5H2,1-3H3. The summed E-state index contributed by atoms with van der Waals surface area (Å²) in [4.78, 5) is 0. The van der Waals surface area contributed by atoms with Crippen LogP contribution in [0.25, 0.3) is 0 Å². The van der Waals surface area contributed by atoms with Crippen molar-refractivity contribution in [3.05, 3.63) is 34.9 Å². The van der Waals surface area contributed by atoms with Gasteiger partial charge in [-0.1, -0.05) is 26.8 Å². The lowest BCUT2D eigenvalue weighted by atomic mass is 9.85. The van der Waals surface area contributed by atoms with Crippen LogP contribution < -0.4 is 0 Å². The first-order valence-corrected chi connectivity index (χ1v) is 5.39. The van der Waals surface area contributed by atoms with Crippen molar-refractivity contribution in [1.29, 1.82) is 0 Å². The molecule has 0 spiro atoms. The molecule has 0 amide bonds. The minimum Gasteiger partial charge on any atom is -0.204 e. The van der Waals surface area contributed by atoms with Gasteiger partial charge in [0.1, 0.15) is 0 Å². The summed E-state index contributed by atoms with van der Waals surface area (Å²) in [5.74, 6) is -1.10. The van der Waals surface area contributed by atoms with E-state index in [1.54, 1.807) is 0 Å². The Morgan fingerprint density at radius 1 is 1.13 bits per heavy atom. The first-order valence-electron chi connectivity index (χ1n) is 5.39. The lowest BCUT2D eigenvalue weighted by molar-refractivity contribution is 0.489. The average molecular weight is 210 g/mol. The van der Waals surface area contributed by atoms with Crippen LogP contribution in [0, 0.1) is 11.6 Å². The van der Waals surface area contributed by atoms with Crippen molar-refractivity contribution < 1.29 is 8.78 Å². The summed E-state index contributed by atoms with van der Waals surface area (Å²) in [6.07, 6.45) is 1.98. The summed E-state index contributed by atoms with van der Waals surface area (Å²) in [5, 5.41) is 0. The fraction of sp³-hybridized carbons (Fsp3) is 0.538. The van der Waals surface area contributed by atoms with Crippen molar-refractivity contribution in [1.82, 2.24) is 0 Å². The van der Waals surface area contributed by atoms with E-state index < -0.39 is 11.6 Å². The van der Waals surface area contributed by atoms with Crippen molar-refractivity contribution in [2.75, 3.05) is 0 Å². The Morgan fingerprint density at radius 2 is 1.73 bits per heavy atom. The molecule has 2 rings (SSSR count). The van der Waals surface area contributed by atoms with E-state index in [4.69, 9.17) is 0 Å². The first kappa shape index (κ1) is 10.6. The van der Waals surface area contributed by atoms with Crippen molar-refractivity contribution in [2.45, 2.75) is 44.9 Å². The second kappa shape index (κ2) is 3.29. The zero-order valence-electron chi connectivity index (χ0n) is 9.40. The van der Waals surface area contributed by atoms with Gasteiger partial charge in [0.15, 0.2) is 11.6 Å². The number of benzene rings is 1. The molecule has 1 aromatic rings. The maximum Gasteiger partial charge on any atom is 0.162 e. The molecule has 1 fully saturated rings. The molecule has 1 saturated carbocycles. The van der Waals surface area contributed by atoms with Crippen LogP contribution in [0.5, 0.6) is 0 Å². The molecular weight excluding hydrogens is 194 g/mol. The normalized spacial score (nSPS) is 16.9. The molecule has 15 heavy (non-hydrogen) atoms. The quantitative estimate of drug-likeness (QED) is 0.653. The van der Waals surface area contributed by atoms with Crippen LogP contribution in [-0.4, -0.2) is 0 Å². The Labute approximate surface area is 89.3 Å². The van der Waals surface area contributed by atoms with E-state index >= 15 is 0 Å². The molecule has 0 radical (unpaired) electrons. The van der Waals surface area contributed by atoms with E-state index in [1.807, 2.05) is 26.8 Å². The summed E-state index contributed by atoms with van der Waals surface area (Å²) in [6, 6.07) is 3.15. The molecule has 0 N–H and O–H groups in total. The van der Waals surface area contributed by atoms with Crippen LogP contribution in [0.1, 0.15) is 50.7 Å². The van der Waals surface area contributed by atoms with Crippen LogP contribution >= 0.6 is 0 Å². The van der Waals surface area contributed by atoms with E-state index in [2.05, 4.69) is 0 Å². The third kappa shape index (κ3) is 2.04. The number of hydrogen-bond acceptors (Lipinski definition) is 0. The number of rotatable bonds is 1. The predicted octanol–water partition coefficient (Wildman–Crippen LogP) is 4.14. The highest BCUT2D eigenvalue weighted by Gasteiger charge is 2.29. The molecule has 1 aliphatic carbocycles. The van der Waals surface area contributed by atoms with E-state index in [1.165, 1.54) is 6.07 Å². The molecule has 0 nitrogen and oxygen atoms in total. The zero-order chi connectivity index (χ0) is 11.2. The topological polar surface area (TPSA) is 0 Å². The Bertz CT molecular complexity index is 384. The average Bonchev–Trinajstić information content (AvgIpc) is 2.90. The summed E-state index contributed by atoms with van der Waals surface area (Å²) in [7, 11) is 0. The molecule has 2 heteroatoms. The second-order valence-corrected chi connectivity index (χ2v) is 5.39. The number of hydrogen-bond donors (Lipinski definition) is 0.